The summed E-state index contributed by atoms with van der Waals surface area (Å²) in [5, 5.41) is 2.89. The fourth-order valence-corrected chi connectivity index (χ4v) is 5.52. The number of hydrogen-bond donors (Lipinski definition) is 1. The molecule has 0 aliphatic carbocycles. The van der Waals surface area contributed by atoms with Gasteiger partial charge in [-0.25, -0.2) is 8.42 Å². The van der Waals surface area contributed by atoms with Crippen LogP contribution in [0.1, 0.15) is 17.5 Å². The van der Waals surface area contributed by atoms with Gasteiger partial charge in [0.2, 0.25) is 5.91 Å². The van der Waals surface area contributed by atoms with Crippen LogP contribution >= 0.6 is 0 Å². The molecule has 4 rings (SSSR count). The number of benzene rings is 3. The number of nitrogens with one attached hydrogen (secondary N) is 1. The zero-order chi connectivity index (χ0) is 23.4. The van der Waals surface area contributed by atoms with Crippen LogP contribution in [0, 0.1) is 0 Å². The highest BCUT2D eigenvalue weighted by Crippen LogP contribution is 2.34. The molecule has 0 fully saturated rings. The molecule has 172 valence electrons. The van der Waals surface area contributed by atoms with Crippen LogP contribution in [0.25, 0.3) is 0 Å². The predicted octanol–water partition coefficient (Wildman–Crippen LogP) is 4.03. The van der Waals surface area contributed by atoms with E-state index in [2.05, 4.69) is 5.32 Å². The molecule has 1 heterocycles. The fourth-order valence-electron chi connectivity index (χ4n) is 3.97. The Balaban J connectivity index is 1.55. The van der Waals surface area contributed by atoms with Crippen LogP contribution in [0.15, 0.2) is 71.6 Å². The van der Waals surface area contributed by atoms with Gasteiger partial charge in [0.05, 0.1) is 31.2 Å². The molecule has 3 aromatic carbocycles. The summed E-state index contributed by atoms with van der Waals surface area (Å²) in [4.78, 5) is 12.9. The second kappa shape index (κ2) is 9.54. The van der Waals surface area contributed by atoms with Crippen molar-refractivity contribution < 1.29 is 22.7 Å². The number of fused-ring (bicyclic) bond motifs is 1. The lowest BCUT2D eigenvalue weighted by atomic mass is 10.0. The first-order valence-electron chi connectivity index (χ1n) is 10.6. The third-order valence-electron chi connectivity index (χ3n) is 5.59. The van der Waals surface area contributed by atoms with Crippen molar-refractivity contribution in [3.05, 3.63) is 77.9 Å². The number of rotatable bonds is 7. The average molecular weight is 467 g/mol. The summed E-state index contributed by atoms with van der Waals surface area (Å²) in [5.41, 5.74) is 2.87. The molecule has 1 amide bonds. The van der Waals surface area contributed by atoms with E-state index in [1.165, 1.54) is 4.31 Å². The molecule has 0 spiro atoms. The summed E-state index contributed by atoms with van der Waals surface area (Å²) < 4.78 is 38.5. The number of sulfonamides is 1. The molecule has 0 bridgehead atoms. The van der Waals surface area contributed by atoms with E-state index in [9.17, 15) is 13.2 Å². The van der Waals surface area contributed by atoms with Crippen LogP contribution in [0.3, 0.4) is 0 Å². The van der Waals surface area contributed by atoms with Crippen LogP contribution in [0.5, 0.6) is 11.5 Å². The number of methoxy groups -OCH3 is 2. The molecular weight excluding hydrogens is 440 g/mol. The highest BCUT2D eigenvalue weighted by atomic mass is 32.2. The summed E-state index contributed by atoms with van der Waals surface area (Å²) >= 11 is 0. The summed E-state index contributed by atoms with van der Waals surface area (Å²) in [7, 11) is -0.586. The maximum atomic E-state index is 13.3. The van der Waals surface area contributed by atoms with Crippen molar-refractivity contribution in [1.82, 2.24) is 0 Å². The van der Waals surface area contributed by atoms with Gasteiger partial charge in [0.25, 0.3) is 10.0 Å². The first kappa shape index (κ1) is 22.7. The fraction of sp³-hybridized carbons (Fsp3) is 0.240. The molecule has 0 radical (unpaired) electrons. The van der Waals surface area contributed by atoms with E-state index in [-0.39, 0.29) is 17.2 Å². The van der Waals surface area contributed by atoms with E-state index in [1.807, 2.05) is 18.2 Å². The Morgan fingerprint density at radius 3 is 2.45 bits per heavy atom. The molecular formula is C25H26N2O5S. The zero-order valence-electron chi connectivity index (χ0n) is 18.6. The van der Waals surface area contributed by atoms with E-state index in [4.69, 9.17) is 9.47 Å². The molecule has 1 aliphatic rings. The minimum absolute atomic E-state index is 0.142. The second-order valence-electron chi connectivity index (χ2n) is 7.75. The number of nitrogens with zero attached hydrogens (tertiary/aromatic N) is 1. The van der Waals surface area contributed by atoms with Crippen molar-refractivity contribution in [1.29, 1.82) is 0 Å². The molecule has 0 saturated heterocycles. The highest BCUT2D eigenvalue weighted by Gasteiger charge is 2.29. The SMILES string of the molecule is COc1ccc(CC(=O)Nc2ccc3c(c2)N(S(=O)(=O)c2ccccc2)CCC3)cc1OC. The number of amides is 1. The van der Waals surface area contributed by atoms with Gasteiger partial charge in [0.1, 0.15) is 0 Å². The molecule has 1 aliphatic heterocycles. The monoisotopic (exact) mass is 466 g/mol. The van der Waals surface area contributed by atoms with Crippen molar-refractivity contribution in [3.8, 4) is 11.5 Å². The number of carbonyl (C=O) groups is 1. The Kier molecular flexibility index (Phi) is 6.55. The quantitative estimate of drug-likeness (QED) is 0.568. The predicted molar refractivity (Wildman–Crippen MR) is 128 cm³/mol. The van der Waals surface area contributed by atoms with Crippen molar-refractivity contribution >= 4 is 27.3 Å². The first-order chi connectivity index (χ1) is 15.9. The van der Waals surface area contributed by atoms with Gasteiger partial charge in [-0.3, -0.25) is 9.10 Å². The number of anilines is 2. The molecule has 0 saturated carbocycles. The standard InChI is InChI=1S/C25H26N2O5S/c1-31-23-13-10-18(15-24(23)32-2)16-25(28)26-20-12-11-19-7-6-14-27(22(19)17-20)33(29,30)21-8-4-3-5-9-21/h3-5,8-13,15,17H,6-7,14,16H2,1-2H3,(H,26,28). The van der Waals surface area contributed by atoms with Gasteiger partial charge >= 0.3 is 0 Å². The summed E-state index contributed by atoms with van der Waals surface area (Å²) in [6, 6.07) is 19.2. The topological polar surface area (TPSA) is 84.9 Å². The van der Waals surface area contributed by atoms with E-state index in [0.717, 1.165) is 24.0 Å². The van der Waals surface area contributed by atoms with Gasteiger partial charge in [0, 0.05) is 12.2 Å². The molecule has 0 aromatic heterocycles. The van der Waals surface area contributed by atoms with E-state index < -0.39 is 10.0 Å². The Labute approximate surface area is 194 Å². The van der Waals surface area contributed by atoms with Crippen LogP contribution in [-0.4, -0.2) is 35.1 Å². The molecule has 0 unspecified atom stereocenters. The van der Waals surface area contributed by atoms with Gasteiger partial charge in [-0.05, 0) is 60.4 Å². The maximum absolute atomic E-state index is 13.3. The number of aryl methyl sites for hydroxylation is 1. The van der Waals surface area contributed by atoms with Crippen LogP contribution in [-0.2, 0) is 27.7 Å². The molecule has 33 heavy (non-hydrogen) atoms. The summed E-state index contributed by atoms with van der Waals surface area (Å²) in [6.45, 7) is 0.396. The Morgan fingerprint density at radius 1 is 0.970 bits per heavy atom. The Bertz CT molecular complexity index is 1260. The van der Waals surface area contributed by atoms with Gasteiger partial charge in [-0.15, -0.1) is 0 Å². The normalized spacial score (nSPS) is 13.2. The molecule has 1 N–H and O–H groups in total. The van der Waals surface area contributed by atoms with Gasteiger partial charge in [-0.2, -0.15) is 0 Å². The zero-order valence-corrected chi connectivity index (χ0v) is 19.4. The van der Waals surface area contributed by atoms with Crippen molar-refractivity contribution in [2.75, 3.05) is 30.4 Å². The maximum Gasteiger partial charge on any atom is 0.264 e. The molecule has 3 aromatic rings. The lowest BCUT2D eigenvalue weighted by Gasteiger charge is -2.31. The molecule has 7 nitrogen and oxygen atoms in total. The lowest BCUT2D eigenvalue weighted by Crippen LogP contribution is -2.35. The highest BCUT2D eigenvalue weighted by molar-refractivity contribution is 7.92. The van der Waals surface area contributed by atoms with Crippen molar-refractivity contribution in [3.63, 3.8) is 0 Å². The third-order valence-corrected chi connectivity index (χ3v) is 7.42. The van der Waals surface area contributed by atoms with Gasteiger partial charge in [0.15, 0.2) is 11.5 Å². The van der Waals surface area contributed by atoms with Crippen LogP contribution < -0.4 is 19.1 Å². The summed E-state index contributed by atoms with van der Waals surface area (Å²) in [5.74, 6) is 0.935. The summed E-state index contributed by atoms with van der Waals surface area (Å²) in [6.07, 6.45) is 1.67. The van der Waals surface area contributed by atoms with Gasteiger partial charge < -0.3 is 14.8 Å². The molecule has 0 atom stereocenters. The number of carbonyl (C=O) groups excluding carboxylic acids is 1. The van der Waals surface area contributed by atoms with Crippen molar-refractivity contribution in [2.45, 2.75) is 24.2 Å². The van der Waals surface area contributed by atoms with E-state index in [1.54, 1.807) is 62.8 Å². The van der Waals surface area contributed by atoms with Crippen molar-refractivity contribution in [2.24, 2.45) is 0 Å². The average Bonchev–Trinajstić information content (AvgIpc) is 2.84. The number of ether oxygens (including phenoxy) is 2. The smallest absolute Gasteiger partial charge is 0.264 e. The largest absolute Gasteiger partial charge is 0.493 e. The number of hydrogen-bond acceptors (Lipinski definition) is 5. The van der Waals surface area contributed by atoms with Gasteiger partial charge in [-0.1, -0.05) is 30.3 Å². The first-order valence-corrected chi connectivity index (χ1v) is 12.1. The van der Waals surface area contributed by atoms with Crippen LogP contribution in [0.2, 0.25) is 0 Å². The van der Waals surface area contributed by atoms with E-state index in [0.29, 0.717) is 29.4 Å². The lowest BCUT2D eigenvalue weighted by molar-refractivity contribution is -0.115. The van der Waals surface area contributed by atoms with Crippen LogP contribution in [0.4, 0.5) is 11.4 Å². The Morgan fingerprint density at radius 2 is 1.73 bits per heavy atom. The minimum Gasteiger partial charge on any atom is -0.493 e. The molecule has 8 heteroatoms. The van der Waals surface area contributed by atoms with E-state index >= 15 is 0 Å². The Hall–Kier alpha value is -3.52. The third kappa shape index (κ3) is 4.80. The second-order valence-corrected chi connectivity index (χ2v) is 9.61. The minimum atomic E-state index is -3.69.